The Bertz CT molecular complexity index is 1650. The molecular weight excluding hydrogens is 646 g/mol. The van der Waals surface area contributed by atoms with E-state index in [1.54, 1.807) is 24.3 Å². The molecule has 2 aliphatic heterocycles. The number of nitrogens with zero attached hydrogens (tertiary/aromatic N) is 2. The van der Waals surface area contributed by atoms with Crippen LogP contribution < -0.4 is 15.2 Å². The molecule has 4 aliphatic rings. The van der Waals surface area contributed by atoms with Crippen LogP contribution >= 0.6 is 11.6 Å². The predicted octanol–water partition coefficient (Wildman–Crippen LogP) is 6.76. The van der Waals surface area contributed by atoms with Crippen molar-refractivity contribution in [2.45, 2.75) is 80.9 Å². The number of halogens is 1. The van der Waals surface area contributed by atoms with E-state index in [9.17, 15) is 13.2 Å². The van der Waals surface area contributed by atoms with E-state index in [1.807, 2.05) is 53.4 Å². The van der Waals surface area contributed by atoms with E-state index in [-0.39, 0.29) is 47.7 Å². The molecule has 0 radical (unpaired) electrons. The average Bonchev–Trinajstić information content (AvgIpc) is 3.30. The first-order valence-electron chi connectivity index (χ1n) is 17.6. The van der Waals surface area contributed by atoms with Crippen LogP contribution in [0.1, 0.15) is 57.8 Å². The second kappa shape index (κ2) is 14.4. The van der Waals surface area contributed by atoms with Crippen LogP contribution in [0.2, 0.25) is 5.02 Å². The fourth-order valence-electron chi connectivity index (χ4n) is 8.16. The molecule has 4 fully saturated rings. The zero-order valence-corrected chi connectivity index (χ0v) is 29.0. The van der Waals surface area contributed by atoms with Gasteiger partial charge in [0.25, 0.3) is 0 Å². The second-order valence-corrected chi connectivity index (χ2v) is 16.5. The van der Waals surface area contributed by atoms with Crippen molar-refractivity contribution >= 4 is 27.5 Å². The van der Waals surface area contributed by atoms with Gasteiger partial charge < -0.3 is 20.1 Å². The zero-order chi connectivity index (χ0) is 33.3. The smallest absolute Gasteiger partial charge is 0.243 e. The molecule has 2 unspecified atom stereocenters. The van der Waals surface area contributed by atoms with Crippen LogP contribution in [-0.2, 0) is 14.8 Å². The molecule has 10 heteroatoms. The number of amides is 1. The van der Waals surface area contributed by atoms with Gasteiger partial charge >= 0.3 is 0 Å². The van der Waals surface area contributed by atoms with E-state index >= 15 is 0 Å². The van der Waals surface area contributed by atoms with E-state index in [4.69, 9.17) is 26.8 Å². The third kappa shape index (κ3) is 7.25. The van der Waals surface area contributed by atoms with E-state index < -0.39 is 16.1 Å². The van der Waals surface area contributed by atoms with Crippen molar-refractivity contribution in [1.82, 2.24) is 9.21 Å². The highest BCUT2D eigenvalue weighted by Gasteiger charge is 2.47. The number of rotatable bonds is 9. The number of carbonyl (C=O) groups excluding carboxylic acids is 1. The molecule has 2 saturated heterocycles. The minimum absolute atomic E-state index is 0.103. The molecule has 3 aromatic rings. The standard InChI is InChI=1S/C38H46ClN3O5S/c39-31-12-8-27(9-13-31)28-10-14-33(15-11-28)47-34-20-21-42(36(22-34)38(43)41-23-29-6-7-30(24-41)37(29)40)48(44,45)35-18-16-32(17-19-35)46-25-26-4-2-1-3-5-26/h8-19,26,29-30,34,36-37H,1-7,20-25,40H2/t29?,30?,34-,36+,37?/m1/s1. The summed E-state index contributed by atoms with van der Waals surface area (Å²) in [7, 11) is -3.96. The quantitative estimate of drug-likeness (QED) is 0.266. The van der Waals surface area contributed by atoms with Crippen LogP contribution in [0.25, 0.3) is 11.1 Å². The average molecular weight is 692 g/mol. The molecule has 2 heterocycles. The summed E-state index contributed by atoms with van der Waals surface area (Å²) in [6, 6.07) is 21.4. The molecule has 2 bridgehead atoms. The topological polar surface area (TPSA) is 102 Å². The summed E-state index contributed by atoms with van der Waals surface area (Å²) in [4.78, 5) is 16.3. The monoisotopic (exact) mass is 691 g/mol. The molecule has 0 aromatic heterocycles. The van der Waals surface area contributed by atoms with Crippen LogP contribution in [0.5, 0.6) is 11.5 Å². The number of piperidine rings is 2. The molecule has 3 aromatic carbocycles. The molecular formula is C38H46ClN3O5S. The number of benzene rings is 3. The number of hydrogen-bond donors (Lipinski definition) is 1. The zero-order valence-electron chi connectivity index (χ0n) is 27.4. The van der Waals surface area contributed by atoms with Crippen LogP contribution in [0, 0.1) is 17.8 Å². The van der Waals surface area contributed by atoms with Gasteiger partial charge in [-0.2, -0.15) is 4.31 Å². The van der Waals surface area contributed by atoms with Crippen molar-refractivity contribution in [1.29, 1.82) is 0 Å². The summed E-state index contributed by atoms with van der Waals surface area (Å²) in [5.74, 6) is 2.27. The lowest BCUT2D eigenvalue weighted by molar-refractivity contribution is -0.139. The summed E-state index contributed by atoms with van der Waals surface area (Å²) < 4.78 is 42.3. The van der Waals surface area contributed by atoms with Crippen molar-refractivity contribution in [3.8, 4) is 22.6 Å². The Morgan fingerprint density at radius 2 is 1.40 bits per heavy atom. The van der Waals surface area contributed by atoms with Crippen molar-refractivity contribution < 1.29 is 22.7 Å². The van der Waals surface area contributed by atoms with Gasteiger partial charge in [-0.25, -0.2) is 8.42 Å². The third-order valence-corrected chi connectivity index (χ3v) is 13.2. The van der Waals surface area contributed by atoms with Crippen molar-refractivity contribution in [2.24, 2.45) is 23.5 Å². The molecule has 2 N–H and O–H groups in total. The molecule has 2 aliphatic carbocycles. The van der Waals surface area contributed by atoms with Crippen molar-refractivity contribution in [3.63, 3.8) is 0 Å². The maximum Gasteiger partial charge on any atom is 0.243 e. The predicted molar refractivity (Wildman–Crippen MR) is 187 cm³/mol. The second-order valence-electron chi connectivity index (χ2n) is 14.1. The number of likely N-dealkylation sites (tertiary alicyclic amines) is 1. The number of ether oxygens (including phenoxy) is 2. The molecule has 48 heavy (non-hydrogen) atoms. The first kappa shape index (κ1) is 33.4. The summed E-state index contributed by atoms with van der Waals surface area (Å²) in [5.41, 5.74) is 8.54. The maximum atomic E-state index is 14.3. The molecule has 2 saturated carbocycles. The number of fused-ring (bicyclic) bond motifs is 2. The summed E-state index contributed by atoms with van der Waals surface area (Å²) >= 11 is 6.06. The van der Waals surface area contributed by atoms with Gasteiger partial charge in [0.2, 0.25) is 15.9 Å². The van der Waals surface area contributed by atoms with Crippen LogP contribution in [0.15, 0.2) is 77.7 Å². The number of hydrogen-bond acceptors (Lipinski definition) is 6. The minimum Gasteiger partial charge on any atom is -0.493 e. The molecule has 8 nitrogen and oxygen atoms in total. The Hall–Kier alpha value is -3.11. The normalized spacial score (nSPS) is 26.7. The highest BCUT2D eigenvalue weighted by atomic mass is 35.5. The Labute approximate surface area is 289 Å². The van der Waals surface area contributed by atoms with Crippen molar-refractivity contribution in [2.75, 3.05) is 26.2 Å². The molecule has 7 rings (SSSR count). The van der Waals surface area contributed by atoms with E-state index in [0.717, 1.165) is 24.0 Å². The van der Waals surface area contributed by atoms with Crippen LogP contribution in [0.4, 0.5) is 0 Å². The molecule has 1 amide bonds. The van der Waals surface area contributed by atoms with Gasteiger partial charge in [-0.05, 0) is 110 Å². The summed E-state index contributed by atoms with van der Waals surface area (Å²) in [6.07, 6.45) is 8.60. The lowest BCUT2D eigenvalue weighted by Gasteiger charge is -2.42. The van der Waals surface area contributed by atoms with E-state index in [0.29, 0.717) is 48.6 Å². The largest absolute Gasteiger partial charge is 0.493 e. The Balaban J connectivity index is 1.07. The highest BCUT2D eigenvalue weighted by Crippen LogP contribution is 2.38. The van der Waals surface area contributed by atoms with Gasteiger partial charge in [0.1, 0.15) is 23.6 Å². The Morgan fingerprint density at radius 3 is 2.04 bits per heavy atom. The van der Waals surface area contributed by atoms with Gasteiger partial charge in [-0.15, -0.1) is 0 Å². The molecule has 4 atom stereocenters. The molecule has 0 spiro atoms. The van der Waals surface area contributed by atoms with E-state index in [2.05, 4.69) is 0 Å². The minimum atomic E-state index is -3.96. The van der Waals surface area contributed by atoms with Crippen molar-refractivity contribution in [3.05, 3.63) is 77.8 Å². The maximum absolute atomic E-state index is 14.3. The summed E-state index contributed by atoms with van der Waals surface area (Å²) in [6.45, 7) is 1.99. The first-order chi connectivity index (χ1) is 23.2. The van der Waals surface area contributed by atoms with Gasteiger partial charge in [-0.3, -0.25) is 4.79 Å². The van der Waals surface area contributed by atoms with Crippen LogP contribution in [0.3, 0.4) is 0 Å². The van der Waals surface area contributed by atoms with Gasteiger partial charge in [-0.1, -0.05) is 55.1 Å². The van der Waals surface area contributed by atoms with Crippen LogP contribution in [-0.4, -0.2) is 68.0 Å². The lowest BCUT2D eigenvalue weighted by atomic mass is 9.90. The Morgan fingerprint density at radius 1 is 0.792 bits per heavy atom. The van der Waals surface area contributed by atoms with E-state index in [1.165, 1.54) is 36.4 Å². The first-order valence-corrected chi connectivity index (χ1v) is 19.4. The number of nitrogens with two attached hydrogens (primary N) is 1. The Kier molecular flexibility index (Phi) is 10.0. The lowest BCUT2D eigenvalue weighted by Crippen LogP contribution is -2.59. The SMILES string of the molecule is NC1C2CCC1CN(C(=O)[C@@H]1C[C@H](Oc3ccc(-c4ccc(Cl)cc4)cc3)CCN1S(=O)(=O)c1ccc(OCC3CCCCC3)cc1)C2. The number of sulfonamides is 1. The third-order valence-electron chi connectivity index (χ3n) is 11.0. The van der Waals surface area contributed by atoms with Gasteiger partial charge in [0.15, 0.2) is 0 Å². The summed E-state index contributed by atoms with van der Waals surface area (Å²) in [5, 5.41) is 0.687. The van der Waals surface area contributed by atoms with Gasteiger partial charge in [0.05, 0.1) is 11.5 Å². The molecule has 256 valence electrons. The fourth-order valence-corrected chi connectivity index (χ4v) is 9.89. The fraction of sp³-hybridized carbons (Fsp3) is 0.500. The highest BCUT2D eigenvalue weighted by molar-refractivity contribution is 7.89. The van der Waals surface area contributed by atoms with Gasteiger partial charge in [0, 0.05) is 37.1 Å². The number of carbonyl (C=O) groups is 1.